The summed E-state index contributed by atoms with van der Waals surface area (Å²) < 4.78 is 27.1. The van der Waals surface area contributed by atoms with Crippen molar-refractivity contribution in [3.8, 4) is 17.6 Å². The van der Waals surface area contributed by atoms with Crippen LogP contribution in [0, 0.1) is 5.92 Å². The molecule has 2 aliphatic heterocycles. The first-order valence-corrected chi connectivity index (χ1v) is 14.3. The van der Waals surface area contributed by atoms with Crippen LogP contribution in [0.25, 0.3) is 21.8 Å². The summed E-state index contributed by atoms with van der Waals surface area (Å²) in [5.41, 5.74) is 1.02. The van der Waals surface area contributed by atoms with Crippen LogP contribution in [0.15, 0.2) is 37.2 Å². The second-order valence-electron chi connectivity index (χ2n) is 10.5. The van der Waals surface area contributed by atoms with Crippen LogP contribution in [0.1, 0.15) is 6.92 Å². The van der Waals surface area contributed by atoms with E-state index in [9.17, 15) is 9.18 Å². The molecule has 220 valence electrons. The molecular weight excluding hydrogens is 586 g/mol. The molecule has 4 aromatic rings. The van der Waals surface area contributed by atoms with Crippen molar-refractivity contribution in [1.29, 1.82) is 0 Å². The van der Waals surface area contributed by atoms with Gasteiger partial charge in [-0.15, -0.1) is 0 Å². The standard InChI is InChI=1S/C28H29Cl2FN8O3/c1-4-22(40)38-7-9-39(10-8-38)26-16-5-6-32-27(42-25-17-12-33-36-20(17)11-19(29)23(25)30)24(16)34-28(35-26)41-21-14-37(3)13-18(21)15(2)31/h4-6,11-12,15,18,21H,1,7-10,13-14H2,2-3H3,(H,33,36)/t15?,18-,21+/m1/s1. The molecule has 0 radical (unpaired) electrons. The number of rotatable bonds is 7. The zero-order valence-corrected chi connectivity index (χ0v) is 24.6. The van der Waals surface area contributed by atoms with Crippen LogP contribution in [0.5, 0.6) is 17.6 Å². The highest BCUT2D eigenvalue weighted by molar-refractivity contribution is 6.44. The lowest BCUT2D eigenvalue weighted by molar-refractivity contribution is -0.126. The maximum absolute atomic E-state index is 14.5. The first-order valence-electron chi connectivity index (χ1n) is 13.5. The van der Waals surface area contributed by atoms with E-state index in [-0.39, 0.29) is 39.5 Å². The number of likely N-dealkylation sites (tertiary alicyclic amines) is 1. The summed E-state index contributed by atoms with van der Waals surface area (Å²) in [6.45, 7) is 8.26. The molecule has 2 aliphatic rings. The number of hydrogen-bond donors (Lipinski definition) is 1. The highest BCUT2D eigenvalue weighted by atomic mass is 35.5. The zero-order valence-electron chi connectivity index (χ0n) is 23.1. The van der Waals surface area contributed by atoms with Crippen molar-refractivity contribution >= 4 is 56.7 Å². The van der Waals surface area contributed by atoms with E-state index in [2.05, 4.69) is 26.7 Å². The van der Waals surface area contributed by atoms with Gasteiger partial charge in [0.2, 0.25) is 11.8 Å². The van der Waals surface area contributed by atoms with Crippen molar-refractivity contribution in [2.75, 3.05) is 51.2 Å². The van der Waals surface area contributed by atoms with Gasteiger partial charge >= 0.3 is 6.01 Å². The lowest BCUT2D eigenvalue weighted by atomic mass is 10.0. The lowest BCUT2D eigenvalue weighted by Crippen LogP contribution is -2.48. The molecule has 3 atom stereocenters. The molecule has 5 heterocycles. The third-order valence-corrected chi connectivity index (χ3v) is 8.51. The normalized spacial score (nSPS) is 20.3. The molecule has 1 amide bonds. The van der Waals surface area contributed by atoms with E-state index in [4.69, 9.17) is 42.6 Å². The molecule has 6 rings (SSSR count). The fourth-order valence-corrected chi connectivity index (χ4v) is 5.92. The van der Waals surface area contributed by atoms with Crippen molar-refractivity contribution in [2.24, 2.45) is 5.92 Å². The third-order valence-electron chi connectivity index (χ3n) is 7.74. The Hall–Kier alpha value is -3.74. The Labute approximate surface area is 251 Å². The van der Waals surface area contributed by atoms with Crippen LogP contribution >= 0.6 is 23.2 Å². The first kappa shape index (κ1) is 28.4. The van der Waals surface area contributed by atoms with Crippen molar-refractivity contribution in [3.05, 3.63) is 47.2 Å². The molecule has 0 spiro atoms. The highest BCUT2D eigenvalue weighted by Crippen LogP contribution is 2.42. The molecule has 1 aromatic carbocycles. The molecule has 0 bridgehead atoms. The van der Waals surface area contributed by atoms with Gasteiger partial charge in [-0.1, -0.05) is 29.8 Å². The average Bonchev–Trinajstić information content (AvgIpc) is 3.60. The van der Waals surface area contributed by atoms with Crippen LogP contribution in [-0.2, 0) is 4.79 Å². The molecule has 1 N–H and O–H groups in total. The van der Waals surface area contributed by atoms with Crippen LogP contribution in [0.2, 0.25) is 10.0 Å². The van der Waals surface area contributed by atoms with Crippen LogP contribution < -0.4 is 14.4 Å². The number of carbonyl (C=O) groups is 1. The van der Waals surface area contributed by atoms with E-state index < -0.39 is 12.3 Å². The number of piperazine rings is 1. The maximum Gasteiger partial charge on any atom is 0.319 e. The zero-order chi connectivity index (χ0) is 29.5. The number of ether oxygens (including phenoxy) is 2. The lowest BCUT2D eigenvalue weighted by Gasteiger charge is -2.35. The Morgan fingerprint density at radius 2 is 2.00 bits per heavy atom. The van der Waals surface area contributed by atoms with Gasteiger partial charge in [-0.05, 0) is 32.2 Å². The topological polar surface area (TPSA) is 113 Å². The van der Waals surface area contributed by atoms with Crippen LogP contribution in [0.4, 0.5) is 10.2 Å². The number of nitrogens with one attached hydrogen (secondary N) is 1. The number of hydrogen-bond acceptors (Lipinski definition) is 9. The minimum Gasteiger partial charge on any atom is -0.458 e. The largest absolute Gasteiger partial charge is 0.458 e. The number of alkyl halides is 1. The number of nitrogens with zero attached hydrogens (tertiary/aromatic N) is 7. The summed E-state index contributed by atoms with van der Waals surface area (Å²) in [7, 11) is 1.93. The Morgan fingerprint density at radius 3 is 2.74 bits per heavy atom. The quantitative estimate of drug-likeness (QED) is 0.301. The van der Waals surface area contributed by atoms with E-state index in [0.29, 0.717) is 66.9 Å². The molecule has 0 saturated carbocycles. The SMILES string of the molecule is C=CC(=O)N1CCN(c2nc(O[C@H]3CN(C)C[C@@H]3C(C)F)nc3c(Oc4c(Cl)c(Cl)cc5[nH]ncc45)nccc23)CC1. The van der Waals surface area contributed by atoms with Crippen molar-refractivity contribution in [3.63, 3.8) is 0 Å². The minimum atomic E-state index is -1.07. The van der Waals surface area contributed by atoms with E-state index in [1.807, 2.05) is 11.9 Å². The van der Waals surface area contributed by atoms with Crippen molar-refractivity contribution in [1.82, 2.24) is 34.9 Å². The van der Waals surface area contributed by atoms with Gasteiger partial charge in [0.1, 0.15) is 28.6 Å². The number of carbonyl (C=O) groups excluding carboxylic acids is 1. The molecule has 14 heteroatoms. The molecule has 42 heavy (non-hydrogen) atoms. The Kier molecular flexibility index (Phi) is 7.77. The van der Waals surface area contributed by atoms with Gasteiger partial charge in [-0.3, -0.25) is 9.89 Å². The number of amides is 1. The number of fused-ring (bicyclic) bond motifs is 2. The highest BCUT2D eigenvalue weighted by Gasteiger charge is 2.37. The molecule has 2 fully saturated rings. The first-order chi connectivity index (χ1) is 20.2. The van der Waals surface area contributed by atoms with E-state index in [0.717, 1.165) is 0 Å². The van der Waals surface area contributed by atoms with Crippen LogP contribution in [-0.4, -0.2) is 99.4 Å². The number of aromatic nitrogens is 5. The Bertz CT molecular complexity index is 1660. The third kappa shape index (κ3) is 5.30. The second-order valence-corrected chi connectivity index (χ2v) is 11.3. The molecule has 11 nitrogen and oxygen atoms in total. The van der Waals surface area contributed by atoms with Gasteiger partial charge < -0.3 is 24.2 Å². The van der Waals surface area contributed by atoms with E-state index in [1.165, 1.54) is 13.0 Å². The van der Waals surface area contributed by atoms with Gasteiger partial charge in [0.25, 0.3) is 0 Å². The molecule has 2 saturated heterocycles. The number of anilines is 1. The van der Waals surface area contributed by atoms with Crippen molar-refractivity contribution < 1.29 is 18.7 Å². The molecule has 3 aromatic heterocycles. The smallest absolute Gasteiger partial charge is 0.319 e. The summed E-state index contributed by atoms with van der Waals surface area (Å²) in [5, 5.41) is 8.72. The summed E-state index contributed by atoms with van der Waals surface area (Å²) in [6.07, 6.45) is 2.98. The molecular formula is C28H29Cl2FN8O3. The fourth-order valence-electron chi connectivity index (χ4n) is 5.53. The number of halogens is 3. The second kappa shape index (κ2) is 11.5. The van der Waals surface area contributed by atoms with Gasteiger partial charge in [0.15, 0.2) is 5.75 Å². The van der Waals surface area contributed by atoms with Gasteiger partial charge in [-0.2, -0.15) is 15.1 Å². The van der Waals surface area contributed by atoms with Gasteiger partial charge in [0.05, 0.1) is 27.5 Å². The van der Waals surface area contributed by atoms with Crippen LogP contribution in [0.3, 0.4) is 0 Å². The van der Waals surface area contributed by atoms with E-state index in [1.54, 1.807) is 29.4 Å². The summed E-state index contributed by atoms with van der Waals surface area (Å²) >= 11 is 12.9. The maximum atomic E-state index is 14.5. The summed E-state index contributed by atoms with van der Waals surface area (Å²) in [5.74, 6) is 0.569. The number of pyridine rings is 1. The minimum absolute atomic E-state index is 0.0801. The Morgan fingerprint density at radius 1 is 1.21 bits per heavy atom. The monoisotopic (exact) mass is 614 g/mol. The molecule has 1 unspecified atom stereocenters. The number of aromatic amines is 1. The number of likely N-dealkylation sites (N-methyl/N-ethyl adjacent to an activating group) is 1. The number of H-pyrrole nitrogens is 1. The Balaban J connectivity index is 1.43. The van der Waals surface area contributed by atoms with Gasteiger partial charge in [0, 0.05) is 51.4 Å². The predicted octanol–water partition coefficient (Wildman–Crippen LogP) is 4.50. The summed E-state index contributed by atoms with van der Waals surface area (Å²) in [4.78, 5) is 32.0. The average molecular weight is 615 g/mol. The fraction of sp³-hybridized carbons (Fsp3) is 0.393. The predicted molar refractivity (Wildman–Crippen MR) is 158 cm³/mol. The molecule has 0 aliphatic carbocycles. The summed E-state index contributed by atoms with van der Waals surface area (Å²) in [6, 6.07) is 3.54. The van der Waals surface area contributed by atoms with Gasteiger partial charge in [-0.25, -0.2) is 9.37 Å². The van der Waals surface area contributed by atoms with Crippen molar-refractivity contribution in [2.45, 2.75) is 19.2 Å². The van der Waals surface area contributed by atoms with E-state index >= 15 is 0 Å². The number of benzene rings is 1.